The molecule has 2 heterocycles. The van der Waals surface area contributed by atoms with Crippen molar-refractivity contribution in [1.29, 1.82) is 0 Å². The second-order valence-corrected chi connectivity index (χ2v) is 10.8. The number of aliphatic hydroxyl groups excluding tert-OH is 1. The fourth-order valence-electron chi connectivity index (χ4n) is 3.87. The second-order valence-electron chi connectivity index (χ2n) is 9.62. The fraction of sp³-hybridized carbons (Fsp3) is 0.542. The Labute approximate surface area is 225 Å². The number of hydrogen-bond donors (Lipinski definition) is 5. The van der Waals surface area contributed by atoms with Gasteiger partial charge in [0.1, 0.15) is 30.2 Å². The third-order valence-electron chi connectivity index (χ3n) is 6.01. The molecule has 13 nitrogen and oxygen atoms in total. The van der Waals surface area contributed by atoms with Gasteiger partial charge in [-0.1, -0.05) is 12.1 Å². The molecule has 0 saturated carbocycles. The van der Waals surface area contributed by atoms with E-state index in [0.29, 0.717) is 12.3 Å². The molecule has 6 atom stereocenters. The number of halogens is 1. The zero-order valence-corrected chi connectivity index (χ0v) is 22.9. The van der Waals surface area contributed by atoms with Crippen LogP contribution in [0.1, 0.15) is 39.5 Å². The third-order valence-corrected chi connectivity index (χ3v) is 7.34. The number of nitrogens with zero attached hydrogens (tertiary/aromatic N) is 1. The van der Waals surface area contributed by atoms with Crippen LogP contribution in [0.2, 0.25) is 0 Å². The van der Waals surface area contributed by atoms with Gasteiger partial charge in [-0.3, -0.25) is 19.1 Å². The summed E-state index contributed by atoms with van der Waals surface area (Å²) in [6.45, 7) is 4.42. The summed E-state index contributed by atoms with van der Waals surface area (Å²) in [5.74, 6) is -0.233. The monoisotopic (exact) mass is 572 g/mol. The number of benzene rings is 1. The van der Waals surface area contributed by atoms with Crippen LogP contribution in [0.5, 0.6) is 5.75 Å². The van der Waals surface area contributed by atoms with Crippen LogP contribution < -0.4 is 26.6 Å². The summed E-state index contributed by atoms with van der Waals surface area (Å²) < 4.78 is 38.0. The van der Waals surface area contributed by atoms with Crippen LogP contribution in [0.4, 0.5) is 4.39 Å². The van der Waals surface area contributed by atoms with E-state index in [2.05, 4.69) is 5.09 Å². The van der Waals surface area contributed by atoms with Crippen molar-refractivity contribution in [2.75, 3.05) is 13.3 Å². The van der Waals surface area contributed by atoms with E-state index < -0.39 is 68.6 Å². The highest BCUT2D eigenvalue weighted by Gasteiger charge is 2.62. The number of carbonyl (C=O) groups excluding carboxylic acids is 1. The first-order chi connectivity index (χ1) is 18.3. The molecule has 0 aliphatic carbocycles. The van der Waals surface area contributed by atoms with Crippen molar-refractivity contribution in [2.24, 2.45) is 5.73 Å². The standard InChI is InChI=1S/C24H34FN4O9P/c1-14(2)36-19(31)15(3)28-39(38-17-7-5-16(11-26)6-8-17)35-13-24(12-25)20(32)23(4,34)21(37-24)29-10-9-18(30)27-22(29)33/h5-10,14-15,20-21,28,32,34H,11-13,26H2,1-4H3,(H,27,30,33)/t15?,20-,21+,23+,24+,39?/m0/s1. The molecule has 0 radical (unpaired) electrons. The number of H-pyrrole nitrogens is 1. The van der Waals surface area contributed by atoms with E-state index in [4.69, 9.17) is 24.3 Å². The molecule has 15 heteroatoms. The van der Waals surface area contributed by atoms with Gasteiger partial charge in [0.25, 0.3) is 5.56 Å². The third kappa shape index (κ3) is 7.09. The Hall–Kier alpha value is -2.71. The van der Waals surface area contributed by atoms with Crippen LogP contribution in [0.15, 0.2) is 46.1 Å². The first kappa shape index (κ1) is 30.8. The topological polar surface area (TPSA) is 187 Å². The number of nitrogens with two attached hydrogens (primary N) is 1. The summed E-state index contributed by atoms with van der Waals surface area (Å²) in [5, 5.41) is 24.8. The molecule has 2 unspecified atom stereocenters. The van der Waals surface area contributed by atoms with Crippen molar-refractivity contribution in [2.45, 2.75) is 69.9 Å². The summed E-state index contributed by atoms with van der Waals surface area (Å²) in [6, 6.07) is 6.85. The maximum Gasteiger partial charge on any atom is 0.330 e. The van der Waals surface area contributed by atoms with Gasteiger partial charge in [-0.15, -0.1) is 0 Å². The summed E-state index contributed by atoms with van der Waals surface area (Å²) in [6.07, 6.45) is -2.75. The maximum absolute atomic E-state index is 14.5. The smallest absolute Gasteiger partial charge is 0.330 e. The van der Waals surface area contributed by atoms with Gasteiger partial charge >= 0.3 is 20.2 Å². The van der Waals surface area contributed by atoms with Crippen molar-refractivity contribution in [3.05, 3.63) is 62.9 Å². The van der Waals surface area contributed by atoms with Crippen LogP contribution >= 0.6 is 8.53 Å². The van der Waals surface area contributed by atoms with Crippen LogP contribution in [0.25, 0.3) is 0 Å². The molecule has 1 aromatic heterocycles. The van der Waals surface area contributed by atoms with Crippen molar-refractivity contribution in [1.82, 2.24) is 14.6 Å². The maximum atomic E-state index is 14.5. The van der Waals surface area contributed by atoms with Gasteiger partial charge in [-0.2, -0.15) is 0 Å². The Morgan fingerprint density at radius 1 is 1.28 bits per heavy atom. The number of esters is 1. The van der Waals surface area contributed by atoms with Gasteiger partial charge in [0.2, 0.25) is 0 Å². The molecule has 1 saturated heterocycles. The SMILES string of the molecule is CC(C)OC(=O)C(C)NP(OC[C@@]1(CF)O[C@@H](n2ccc(=O)[nH]c2=O)[C@](C)(O)[C@@H]1O)Oc1ccc(CN)cc1. The molecule has 1 aliphatic rings. The van der Waals surface area contributed by atoms with Crippen molar-refractivity contribution in [3.63, 3.8) is 0 Å². The lowest BCUT2D eigenvalue weighted by molar-refractivity contribution is -0.149. The van der Waals surface area contributed by atoms with Crippen LogP contribution in [0, 0.1) is 0 Å². The van der Waals surface area contributed by atoms with Crippen LogP contribution in [0.3, 0.4) is 0 Å². The molecule has 0 bridgehead atoms. The lowest BCUT2D eigenvalue weighted by Crippen LogP contribution is -2.53. The molecule has 2 aromatic rings. The molecule has 3 rings (SSSR count). The number of rotatable bonds is 12. The van der Waals surface area contributed by atoms with Gasteiger partial charge in [0, 0.05) is 18.8 Å². The summed E-state index contributed by atoms with van der Waals surface area (Å²) in [4.78, 5) is 38.2. The van der Waals surface area contributed by atoms with Gasteiger partial charge in [-0.25, -0.2) is 14.3 Å². The number of aliphatic hydroxyl groups is 2. The number of ether oxygens (including phenoxy) is 2. The molecule has 6 N–H and O–H groups in total. The van der Waals surface area contributed by atoms with E-state index in [1.54, 1.807) is 38.1 Å². The van der Waals surface area contributed by atoms with Crippen molar-refractivity contribution in [3.8, 4) is 5.75 Å². The number of alkyl halides is 1. The van der Waals surface area contributed by atoms with E-state index in [1.165, 1.54) is 6.92 Å². The minimum Gasteiger partial charge on any atom is -0.462 e. The highest BCUT2D eigenvalue weighted by atomic mass is 31.2. The quantitative estimate of drug-likeness (QED) is 0.177. The Bertz CT molecular complexity index is 1240. The summed E-state index contributed by atoms with van der Waals surface area (Å²) in [5.41, 5.74) is 0.561. The second kappa shape index (κ2) is 12.6. The highest BCUT2D eigenvalue weighted by Crippen LogP contribution is 2.46. The van der Waals surface area contributed by atoms with Gasteiger partial charge in [-0.05, 0) is 45.4 Å². The summed E-state index contributed by atoms with van der Waals surface area (Å²) >= 11 is 0. The number of aromatic amines is 1. The van der Waals surface area contributed by atoms with Gasteiger partial charge in [0.15, 0.2) is 11.8 Å². The Balaban J connectivity index is 1.85. The molecular formula is C24H34FN4O9P. The Morgan fingerprint density at radius 3 is 2.51 bits per heavy atom. The van der Waals surface area contributed by atoms with Crippen molar-refractivity contribution < 1.29 is 37.9 Å². The first-order valence-electron chi connectivity index (χ1n) is 12.2. The van der Waals surface area contributed by atoms with Gasteiger partial charge in [0.05, 0.1) is 12.7 Å². The van der Waals surface area contributed by atoms with Crippen molar-refractivity contribution >= 4 is 14.5 Å². The predicted octanol–water partition coefficient (Wildman–Crippen LogP) is 0.597. The number of aromatic nitrogens is 2. The normalized spacial score (nSPS) is 26.4. The molecular weight excluding hydrogens is 538 g/mol. The summed E-state index contributed by atoms with van der Waals surface area (Å²) in [7, 11) is -2.17. The zero-order valence-electron chi connectivity index (χ0n) is 22.0. The van der Waals surface area contributed by atoms with Gasteiger partial charge < -0.3 is 34.5 Å². The highest BCUT2D eigenvalue weighted by molar-refractivity contribution is 7.45. The number of hydrogen-bond acceptors (Lipinski definition) is 11. The largest absolute Gasteiger partial charge is 0.462 e. The minimum atomic E-state index is -2.17. The lowest BCUT2D eigenvalue weighted by Gasteiger charge is -2.32. The molecule has 0 amide bonds. The van der Waals surface area contributed by atoms with E-state index in [9.17, 15) is 29.0 Å². The lowest BCUT2D eigenvalue weighted by atomic mass is 9.88. The molecule has 0 spiro atoms. The molecule has 1 fully saturated rings. The minimum absolute atomic E-state index is 0.315. The Kier molecular flexibility index (Phi) is 9.99. The fourth-order valence-corrected chi connectivity index (χ4v) is 5.12. The van der Waals surface area contributed by atoms with Crippen LogP contribution in [-0.4, -0.2) is 68.5 Å². The van der Waals surface area contributed by atoms with E-state index >= 15 is 0 Å². The molecule has 39 heavy (non-hydrogen) atoms. The van der Waals surface area contributed by atoms with E-state index in [-0.39, 0.29) is 6.10 Å². The predicted molar refractivity (Wildman–Crippen MR) is 138 cm³/mol. The first-order valence-corrected chi connectivity index (χ1v) is 13.3. The average molecular weight is 573 g/mol. The zero-order chi connectivity index (χ0) is 29.0. The van der Waals surface area contributed by atoms with E-state index in [0.717, 1.165) is 29.3 Å². The van der Waals surface area contributed by atoms with E-state index in [1.807, 2.05) is 4.98 Å². The Morgan fingerprint density at radius 2 is 1.95 bits per heavy atom. The number of carbonyl (C=O) groups is 1. The van der Waals surface area contributed by atoms with Crippen LogP contribution in [-0.2, 0) is 25.3 Å². The number of nitrogens with one attached hydrogen (secondary N) is 2. The molecule has 1 aromatic carbocycles. The molecule has 216 valence electrons. The average Bonchev–Trinajstić information content (AvgIpc) is 3.08. The molecule has 1 aliphatic heterocycles.